The van der Waals surface area contributed by atoms with E-state index in [2.05, 4.69) is 0 Å². The molecule has 0 spiro atoms. The van der Waals surface area contributed by atoms with Gasteiger partial charge in [-0.3, -0.25) is 0 Å². The average molecular weight is 346 g/mol. The Morgan fingerprint density at radius 1 is 1.46 bits per heavy atom. The summed E-state index contributed by atoms with van der Waals surface area (Å²) in [6.45, 7) is -0.310. The van der Waals surface area contributed by atoms with Crippen molar-refractivity contribution in [2.75, 3.05) is 26.8 Å². The molecule has 0 unspecified atom stereocenters. The van der Waals surface area contributed by atoms with Gasteiger partial charge in [0.1, 0.15) is 12.3 Å². The summed E-state index contributed by atoms with van der Waals surface area (Å²) in [7, 11) is 1.53. The SMILES string of the molecule is COc1cccc(CN(C[C@@H]2CCCO2)C(=O)NCC(F)(F)F)c1. The predicted octanol–water partition coefficient (Wildman–Crippen LogP) is 2.95. The Bertz CT molecular complexity index is 546. The maximum atomic E-state index is 12.3. The lowest BCUT2D eigenvalue weighted by atomic mass is 10.2. The molecule has 1 fully saturated rings. The van der Waals surface area contributed by atoms with Crippen LogP contribution in [0.1, 0.15) is 18.4 Å². The number of carbonyl (C=O) groups excluding carboxylic acids is 1. The lowest BCUT2D eigenvalue weighted by molar-refractivity contribution is -0.123. The molecule has 134 valence electrons. The second-order valence-electron chi connectivity index (χ2n) is 5.64. The standard InChI is InChI=1S/C16H21F3N2O3/c1-23-13-5-2-4-12(8-13)9-21(10-14-6-3-7-24-14)15(22)20-11-16(17,18)19/h2,4-5,8,14H,3,6-7,9-11H2,1H3,(H,20,22)/t14-/m0/s1. The number of nitrogens with one attached hydrogen (secondary N) is 1. The van der Waals surface area contributed by atoms with Gasteiger partial charge in [-0.05, 0) is 30.5 Å². The molecule has 0 saturated carbocycles. The quantitative estimate of drug-likeness (QED) is 0.862. The van der Waals surface area contributed by atoms with Crippen molar-refractivity contribution < 1.29 is 27.4 Å². The Labute approximate surface area is 138 Å². The fourth-order valence-corrected chi connectivity index (χ4v) is 2.53. The molecular formula is C16H21F3N2O3. The molecule has 1 heterocycles. The Morgan fingerprint density at radius 3 is 2.88 bits per heavy atom. The molecule has 0 aromatic heterocycles. The topological polar surface area (TPSA) is 50.8 Å². The monoisotopic (exact) mass is 346 g/mol. The number of rotatable bonds is 6. The minimum absolute atomic E-state index is 0.146. The summed E-state index contributed by atoms with van der Waals surface area (Å²) >= 11 is 0. The minimum atomic E-state index is -4.44. The maximum Gasteiger partial charge on any atom is 0.405 e. The largest absolute Gasteiger partial charge is 0.497 e. The summed E-state index contributed by atoms with van der Waals surface area (Å²) < 4.78 is 47.6. The Morgan fingerprint density at radius 2 is 2.25 bits per heavy atom. The number of hydrogen-bond acceptors (Lipinski definition) is 3. The summed E-state index contributed by atoms with van der Waals surface area (Å²) in [5.74, 6) is 0.625. The first-order chi connectivity index (χ1) is 11.4. The van der Waals surface area contributed by atoms with Gasteiger partial charge in [0.2, 0.25) is 0 Å². The van der Waals surface area contributed by atoms with E-state index < -0.39 is 18.8 Å². The van der Waals surface area contributed by atoms with Gasteiger partial charge in [0.25, 0.3) is 0 Å². The van der Waals surface area contributed by atoms with Crippen molar-refractivity contribution in [2.24, 2.45) is 0 Å². The van der Waals surface area contributed by atoms with Crippen LogP contribution in [-0.4, -0.2) is 50.0 Å². The van der Waals surface area contributed by atoms with Crippen LogP contribution in [0.3, 0.4) is 0 Å². The smallest absolute Gasteiger partial charge is 0.405 e. The third-order valence-corrected chi connectivity index (χ3v) is 3.68. The second kappa shape index (κ2) is 8.23. The van der Waals surface area contributed by atoms with E-state index in [0.29, 0.717) is 12.4 Å². The lowest BCUT2D eigenvalue weighted by Gasteiger charge is -2.26. The van der Waals surface area contributed by atoms with E-state index >= 15 is 0 Å². The summed E-state index contributed by atoms with van der Waals surface area (Å²) in [5.41, 5.74) is 0.773. The fourth-order valence-electron chi connectivity index (χ4n) is 2.53. The van der Waals surface area contributed by atoms with Crippen LogP contribution in [0.5, 0.6) is 5.75 Å². The van der Waals surface area contributed by atoms with Crippen molar-refractivity contribution in [3.63, 3.8) is 0 Å². The Kier molecular flexibility index (Phi) is 6.30. The van der Waals surface area contributed by atoms with Gasteiger partial charge in [-0.1, -0.05) is 12.1 Å². The van der Waals surface area contributed by atoms with Gasteiger partial charge in [0.15, 0.2) is 0 Å². The van der Waals surface area contributed by atoms with Crippen LogP contribution < -0.4 is 10.1 Å². The molecule has 24 heavy (non-hydrogen) atoms. The van der Waals surface area contributed by atoms with Crippen molar-refractivity contribution in [3.8, 4) is 5.75 Å². The van der Waals surface area contributed by atoms with Crippen LogP contribution in [-0.2, 0) is 11.3 Å². The number of nitrogens with zero attached hydrogens (tertiary/aromatic N) is 1. The third-order valence-electron chi connectivity index (χ3n) is 3.68. The number of benzene rings is 1. The number of urea groups is 1. The molecule has 1 saturated heterocycles. The fraction of sp³-hybridized carbons (Fsp3) is 0.562. The molecule has 1 atom stereocenters. The molecule has 0 aliphatic carbocycles. The zero-order valence-corrected chi connectivity index (χ0v) is 13.4. The van der Waals surface area contributed by atoms with Gasteiger partial charge in [-0.2, -0.15) is 13.2 Å². The summed E-state index contributed by atoms with van der Waals surface area (Å²) in [6.07, 6.45) is -2.91. The Hall–Kier alpha value is -1.96. The van der Waals surface area contributed by atoms with E-state index in [9.17, 15) is 18.0 Å². The van der Waals surface area contributed by atoms with Crippen molar-refractivity contribution in [1.29, 1.82) is 0 Å². The molecule has 0 radical (unpaired) electrons. The summed E-state index contributed by atoms with van der Waals surface area (Å²) in [6, 6.07) is 6.32. The number of amides is 2. The molecule has 1 aliphatic heterocycles. The molecule has 2 amide bonds. The van der Waals surface area contributed by atoms with Crippen LogP contribution >= 0.6 is 0 Å². The molecular weight excluding hydrogens is 325 g/mol. The zero-order chi connectivity index (χ0) is 17.6. The summed E-state index contributed by atoms with van der Waals surface area (Å²) in [5, 5.41) is 1.92. The van der Waals surface area contributed by atoms with Gasteiger partial charge in [0, 0.05) is 19.7 Å². The molecule has 1 aliphatic rings. The van der Waals surface area contributed by atoms with Crippen LogP contribution in [0, 0.1) is 0 Å². The van der Waals surface area contributed by atoms with Gasteiger partial charge in [0.05, 0.1) is 13.2 Å². The van der Waals surface area contributed by atoms with Crippen molar-refractivity contribution >= 4 is 6.03 Å². The highest BCUT2D eigenvalue weighted by Crippen LogP contribution is 2.18. The first-order valence-corrected chi connectivity index (χ1v) is 7.71. The summed E-state index contributed by atoms with van der Waals surface area (Å²) in [4.78, 5) is 13.5. The maximum absolute atomic E-state index is 12.3. The number of methoxy groups -OCH3 is 1. The molecule has 0 bridgehead atoms. The van der Waals surface area contributed by atoms with E-state index in [1.54, 1.807) is 24.3 Å². The Balaban J connectivity index is 2.04. The second-order valence-corrected chi connectivity index (χ2v) is 5.64. The molecule has 1 N–H and O–H groups in total. The van der Waals surface area contributed by atoms with Crippen LogP contribution in [0.2, 0.25) is 0 Å². The first kappa shape index (κ1) is 18.4. The highest BCUT2D eigenvalue weighted by atomic mass is 19.4. The number of alkyl halides is 3. The van der Waals surface area contributed by atoms with E-state index in [4.69, 9.17) is 9.47 Å². The molecule has 1 aromatic rings. The lowest BCUT2D eigenvalue weighted by Crippen LogP contribution is -2.46. The van der Waals surface area contributed by atoms with E-state index in [0.717, 1.165) is 18.4 Å². The van der Waals surface area contributed by atoms with Crippen LogP contribution in [0.25, 0.3) is 0 Å². The van der Waals surface area contributed by atoms with Crippen molar-refractivity contribution in [2.45, 2.75) is 31.7 Å². The molecule has 8 heteroatoms. The minimum Gasteiger partial charge on any atom is -0.497 e. The molecule has 1 aromatic carbocycles. The predicted molar refractivity (Wildman–Crippen MR) is 81.8 cm³/mol. The highest BCUT2D eigenvalue weighted by molar-refractivity contribution is 5.74. The van der Waals surface area contributed by atoms with E-state index in [1.165, 1.54) is 12.0 Å². The molecule has 2 rings (SSSR count). The zero-order valence-electron chi connectivity index (χ0n) is 13.4. The van der Waals surface area contributed by atoms with Crippen molar-refractivity contribution in [3.05, 3.63) is 29.8 Å². The van der Waals surface area contributed by atoms with Gasteiger partial charge < -0.3 is 19.7 Å². The number of halogens is 3. The number of carbonyl (C=O) groups is 1. The van der Waals surface area contributed by atoms with Crippen LogP contribution in [0.4, 0.5) is 18.0 Å². The molecule has 5 nitrogen and oxygen atoms in total. The average Bonchev–Trinajstić information content (AvgIpc) is 3.04. The number of hydrogen-bond donors (Lipinski definition) is 1. The van der Waals surface area contributed by atoms with E-state index in [-0.39, 0.29) is 19.2 Å². The van der Waals surface area contributed by atoms with Gasteiger partial charge in [-0.25, -0.2) is 4.79 Å². The van der Waals surface area contributed by atoms with Gasteiger partial charge >= 0.3 is 12.2 Å². The van der Waals surface area contributed by atoms with E-state index in [1.807, 2.05) is 5.32 Å². The van der Waals surface area contributed by atoms with Crippen LogP contribution in [0.15, 0.2) is 24.3 Å². The highest BCUT2D eigenvalue weighted by Gasteiger charge is 2.30. The van der Waals surface area contributed by atoms with Gasteiger partial charge in [-0.15, -0.1) is 0 Å². The number of ether oxygens (including phenoxy) is 2. The third kappa shape index (κ3) is 5.92. The normalized spacial score (nSPS) is 17.6. The first-order valence-electron chi connectivity index (χ1n) is 7.71. The van der Waals surface area contributed by atoms with Crippen molar-refractivity contribution in [1.82, 2.24) is 10.2 Å².